The Labute approximate surface area is 154 Å². The first-order valence-electron chi connectivity index (χ1n) is 8.83. The van der Waals surface area contributed by atoms with E-state index in [9.17, 15) is 9.59 Å². The lowest BCUT2D eigenvalue weighted by atomic mass is 9.81. The maximum atomic E-state index is 12.8. The topological polar surface area (TPSA) is 59.5 Å². The number of carbonyl (C=O) groups excluding carboxylic acids is 2. The van der Waals surface area contributed by atoms with Gasteiger partial charge in [0.25, 0.3) is 0 Å². The van der Waals surface area contributed by atoms with Gasteiger partial charge in [-0.05, 0) is 13.3 Å². The molecule has 1 fully saturated rings. The highest BCUT2D eigenvalue weighted by Crippen LogP contribution is 2.30. The van der Waals surface area contributed by atoms with Crippen molar-refractivity contribution in [2.24, 2.45) is 10.8 Å². The van der Waals surface area contributed by atoms with Gasteiger partial charge in [-0.15, -0.1) is 11.3 Å². The second-order valence-electron chi connectivity index (χ2n) is 8.57. The molecule has 140 valence electrons. The van der Waals surface area contributed by atoms with E-state index in [0.29, 0.717) is 31.8 Å². The van der Waals surface area contributed by atoms with Crippen molar-refractivity contribution in [3.63, 3.8) is 0 Å². The van der Waals surface area contributed by atoms with Crippen LogP contribution in [-0.2, 0) is 9.53 Å². The van der Waals surface area contributed by atoms with Crippen LogP contribution >= 0.6 is 11.3 Å². The molecule has 1 atom stereocenters. The van der Waals surface area contributed by atoms with Gasteiger partial charge in [0.15, 0.2) is 11.6 Å². The second kappa shape index (κ2) is 7.64. The smallest absolute Gasteiger partial charge is 0.187 e. The number of ketones is 2. The Bertz CT molecular complexity index is 631. The Morgan fingerprint density at radius 3 is 2.56 bits per heavy atom. The minimum Gasteiger partial charge on any atom is -0.376 e. The molecule has 0 radical (unpaired) electrons. The molecule has 0 N–H and O–H groups in total. The number of rotatable bonds is 6. The molecule has 1 aromatic rings. The van der Waals surface area contributed by atoms with Crippen molar-refractivity contribution in [2.45, 2.75) is 54.1 Å². The van der Waals surface area contributed by atoms with Crippen molar-refractivity contribution >= 4 is 22.9 Å². The fourth-order valence-corrected chi connectivity index (χ4v) is 3.56. The molecule has 0 saturated carbocycles. The van der Waals surface area contributed by atoms with Gasteiger partial charge in [-0.3, -0.25) is 14.5 Å². The monoisotopic (exact) mass is 366 g/mol. The van der Waals surface area contributed by atoms with Gasteiger partial charge < -0.3 is 4.74 Å². The summed E-state index contributed by atoms with van der Waals surface area (Å²) in [6.07, 6.45) is 0.586. The predicted molar refractivity (Wildman–Crippen MR) is 100 cm³/mol. The molecule has 25 heavy (non-hydrogen) atoms. The molecule has 2 heterocycles. The van der Waals surface area contributed by atoms with Gasteiger partial charge >= 0.3 is 0 Å². The van der Waals surface area contributed by atoms with Crippen molar-refractivity contribution in [2.75, 3.05) is 26.2 Å². The average molecular weight is 367 g/mol. The molecule has 1 aliphatic heterocycles. The molecule has 0 aliphatic carbocycles. The van der Waals surface area contributed by atoms with Gasteiger partial charge in [0, 0.05) is 29.3 Å². The van der Waals surface area contributed by atoms with Crippen molar-refractivity contribution < 1.29 is 14.3 Å². The summed E-state index contributed by atoms with van der Waals surface area (Å²) in [7, 11) is 0. The Balaban J connectivity index is 1.97. The molecule has 1 aliphatic rings. The molecule has 0 amide bonds. The van der Waals surface area contributed by atoms with Crippen molar-refractivity contribution in [3.05, 3.63) is 16.1 Å². The van der Waals surface area contributed by atoms with Gasteiger partial charge in [0.2, 0.25) is 0 Å². The molecule has 0 aromatic carbocycles. The Morgan fingerprint density at radius 2 is 2.00 bits per heavy atom. The molecule has 0 bridgehead atoms. The van der Waals surface area contributed by atoms with Gasteiger partial charge in [-0.1, -0.05) is 34.6 Å². The van der Waals surface area contributed by atoms with E-state index in [0.717, 1.165) is 11.6 Å². The molecular formula is C19H30N2O3S. The van der Waals surface area contributed by atoms with Crippen LogP contribution in [0.5, 0.6) is 0 Å². The standard InChI is InChI=1S/C19H30N2O3S/c1-13-20-15(12-25-13)17(23)19(5,6)9-14-10-21(7-8-24-14)11-16(22)18(2,3)4/h12,14H,7-11H2,1-6H3. The average Bonchev–Trinajstić information content (AvgIpc) is 2.91. The third-order valence-electron chi connectivity index (χ3n) is 4.63. The normalized spacial score (nSPS) is 19.8. The first-order valence-corrected chi connectivity index (χ1v) is 9.71. The fraction of sp³-hybridized carbons (Fsp3) is 0.737. The minimum atomic E-state index is -0.539. The quantitative estimate of drug-likeness (QED) is 0.723. The zero-order chi connectivity index (χ0) is 18.8. The zero-order valence-corrected chi connectivity index (χ0v) is 17.0. The summed E-state index contributed by atoms with van der Waals surface area (Å²) in [5, 5.41) is 2.73. The highest BCUT2D eigenvalue weighted by Gasteiger charge is 2.36. The van der Waals surface area contributed by atoms with Crippen LogP contribution < -0.4 is 0 Å². The molecule has 5 nitrogen and oxygen atoms in total. The first-order chi connectivity index (χ1) is 11.5. The van der Waals surface area contributed by atoms with Crippen LogP contribution in [-0.4, -0.2) is 53.8 Å². The van der Waals surface area contributed by atoms with E-state index in [2.05, 4.69) is 9.88 Å². The number of aromatic nitrogens is 1. The molecule has 6 heteroatoms. The molecule has 0 spiro atoms. The number of morpholine rings is 1. The van der Waals surface area contributed by atoms with Crippen LogP contribution in [0, 0.1) is 17.8 Å². The second-order valence-corrected chi connectivity index (χ2v) is 9.63. The van der Waals surface area contributed by atoms with E-state index in [1.165, 1.54) is 11.3 Å². The SMILES string of the molecule is Cc1nc(C(=O)C(C)(C)CC2CN(CC(=O)C(C)(C)C)CCO2)cs1. The maximum Gasteiger partial charge on any atom is 0.187 e. The molecule has 1 aromatic heterocycles. The predicted octanol–water partition coefficient (Wildman–Crippen LogP) is 3.37. The van der Waals surface area contributed by atoms with Crippen LogP contribution in [0.25, 0.3) is 0 Å². The number of ether oxygens (including phenoxy) is 1. The van der Waals surface area contributed by atoms with E-state index in [1.54, 1.807) is 0 Å². The van der Waals surface area contributed by atoms with Gasteiger partial charge in [-0.2, -0.15) is 0 Å². The van der Waals surface area contributed by atoms with Gasteiger partial charge in [0.1, 0.15) is 5.69 Å². The third-order valence-corrected chi connectivity index (χ3v) is 5.40. The number of hydrogen-bond donors (Lipinski definition) is 0. The van der Waals surface area contributed by atoms with E-state index in [-0.39, 0.29) is 23.1 Å². The molecule has 2 rings (SSSR count). The molecule has 1 saturated heterocycles. The number of nitrogens with zero attached hydrogens (tertiary/aromatic N) is 2. The third kappa shape index (κ3) is 5.43. The number of Topliss-reactive ketones (excluding diaryl/α,β-unsaturated/α-hetero) is 2. The van der Waals surface area contributed by atoms with Crippen LogP contribution in [0.15, 0.2) is 5.38 Å². The van der Waals surface area contributed by atoms with Crippen LogP contribution in [0.3, 0.4) is 0 Å². The fourth-order valence-electron chi connectivity index (χ4n) is 2.96. The summed E-state index contributed by atoms with van der Waals surface area (Å²) in [6.45, 7) is 14.2. The van der Waals surface area contributed by atoms with Crippen LogP contribution in [0.2, 0.25) is 0 Å². The number of thiazole rings is 1. The first kappa shape index (κ1) is 20.2. The van der Waals surface area contributed by atoms with E-state index >= 15 is 0 Å². The lowest BCUT2D eigenvalue weighted by Gasteiger charge is -2.36. The summed E-state index contributed by atoms with van der Waals surface area (Å²) in [5.41, 5.74) is -0.323. The molecule has 1 unspecified atom stereocenters. The Kier molecular flexibility index (Phi) is 6.17. The number of aryl methyl sites for hydroxylation is 1. The number of carbonyl (C=O) groups is 2. The van der Waals surface area contributed by atoms with E-state index in [1.807, 2.05) is 46.9 Å². The highest BCUT2D eigenvalue weighted by molar-refractivity contribution is 7.09. The zero-order valence-electron chi connectivity index (χ0n) is 16.2. The summed E-state index contributed by atoms with van der Waals surface area (Å²) < 4.78 is 5.88. The summed E-state index contributed by atoms with van der Waals surface area (Å²) >= 11 is 1.50. The summed E-state index contributed by atoms with van der Waals surface area (Å²) in [5.74, 6) is 0.296. The van der Waals surface area contributed by atoms with E-state index in [4.69, 9.17) is 4.74 Å². The van der Waals surface area contributed by atoms with Crippen LogP contribution in [0.4, 0.5) is 0 Å². The maximum absolute atomic E-state index is 12.8. The van der Waals surface area contributed by atoms with Crippen molar-refractivity contribution in [3.8, 4) is 0 Å². The van der Waals surface area contributed by atoms with Crippen LogP contribution in [0.1, 0.15) is 56.5 Å². The summed E-state index contributed by atoms with van der Waals surface area (Å²) in [4.78, 5) is 31.5. The number of hydrogen-bond acceptors (Lipinski definition) is 6. The lowest BCUT2D eigenvalue weighted by molar-refractivity contribution is -0.129. The van der Waals surface area contributed by atoms with Crippen molar-refractivity contribution in [1.29, 1.82) is 0 Å². The van der Waals surface area contributed by atoms with Gasteiger partial charge in [0.05, 0.1) is 24.3 Å². The largest absolute Gasteiger partial charge is 0.376 e. The minimum absolute atomic E-state index is 0.0415. The molecular weight excluding hydrogens is 336 g/mol. The Morgan fingerprint density at radius 1 is 1.32 bits per heavy atom. The van der Waals surface area contributed by atoms with Crippen molar-refractivity contribution in [1.82, 2.24) is 9.88 Å². The van der Waals surface area contributed by atoms with Gasteiger partial charge in [-0.25, -0.2) is 4.98 Å². The summed E-state index contributed by atoms with van der Waals surface area (Å²) in [6, 6.07) is 0. The highest BCUT2D eigenvalue weighted by atomic mass is 32.1. The van der Waals surface area contributed by atoms with E-state index < -0.39 is 5.41 Å². The lowest BCUT2D eigenvalue weighted by Crippen LogP contribution is -2.48. The Hall–Kier alpha value is -1.11.